The Balaban J connectivity index is -0.0000000480. The first-order chi connectivity index (χ1) is 2.73. The van der Waals surface area contributed by atoms with Crippen molar-refractivity contribution in [3.05, 3.63) is 6.92 Å². The molecule has 0 saturated heterocycles. The van der Waals surface area contributed by atoms with Crippen LogP contribution in [0.4, 0.5) is 0 Å². The molecule has 0 aliphatic carbocycles. The molecule has 0 aromatic rings. The zero-order valence-corrected chi connectivity index (χ0v) is 7.23. The molecule has 40 valence electrons. The zero-order valence-electron chi connectivity index (χ0n) is 4.42. The molecule has 0 aliphatic heterocycles. The average Bonchev–Trinajstić information content (AvgIpc) is 1.41. The third-order valence-electron chi connectivity index (χ3n) is 0. The minimum atomic E-state index is -2.61. The first-order valence-corrected chi connectivity index (χ1v) is 2.30. The van der Waals surface area contributed by atoms with E-state index < -0.39 is 11.4 Å². The molecule has 0 aromatic carbocycles. The van der Waals surface area contributed by atoms with Gasteiger partial charge in [-0.15, -0.1) is 0 Å². The van der Waals surface area contributed by atoms with Gasteiger partial charge in [0.2, 0.25) is 0 Å². The molecule has 0 aromatic heterocycles. The normalized spacial score (nSPS) is 5.86. The van der Waals surface area contributed by atoms with E-state index >= 15 is 0 Å². The van der Waals surface area contributed by atoms with Gasteiger partial charge in [0.05, 0.1) is 0 Å². The minimum absolute atomic E-state index is 0. The van der Waals surface area contributed by atoms with Gasteiger partial charge in [-0.2, -0.15) is 11.1 Å². The Hall–Kier alpha value is 1.07. The SMILES string of the molecule is O=S(O)O.[CH2-]C.[Na+]. The summed E-state index contributed by atoms with van der Waals surface area (Å²) in [7, 11) is 0. The molecule has 0 unspecified atom stereocenters. The van der Waals surface area contributed by atoms with E-state index in [9.17, 15) is 0 Å². The fourth-order valence-electron chi connectivity index (χ4n) is 0. The van der Waals surface area contributed by atoms with Crippen LogP contribution in [0.1, 0.15) is 6.92 Å². The summed E-state index contributed by atoms with van der Waals surface area (Å²) in [6, 6.07) is 0. The van der Waals surface area contributed by atoms with Gasteiger partial charge in [0.15, 0.2) is 0 Å². The maximum Gasteiger partial charge on any atom is 1.00 e. The summed E-state index contributed by atoms with van der Waals surface area (Å²) in [5.74, 6) is 0. The van der Waals surface area contributed by atoms with Crippen LogP contribution in [0.15, 0.2) is 0 Å². The Morgan fingerprint density at radius 3 is 1.43 bits per heavy atom. The van der Waals surface area contributed by atoms with Crippen LogP contribution in [0.2, 0.25) is 0 Å². The standard InChI is InChI=1S/C2H5.Na.H2O3S/c1-2;;1-4(2)3/h1H2,2H3;;(H2,1,2,3)/q-1;+1;. The van der Waals surface area contributed by atoms with Gasteiger partial charge >= 0.3 is 29.6 Å². The van der Waals surface area contributed by atoms with Gasteiger partial charge < -0.3 is 6.92 Å². The first kappa shape index (κ1) is 15.7. The predicted molar refractivity (Wildman–Crippen MR) is 24.4 cm³/mol. The van der Waals surface area contributed by atoms with Crippen LogP contribution < -0.4 is 29.6 Å². The van der Waals surface area contributed by atoms with E-state index in [2.05, 4.69) is 6.92 Å². The van der Waals surface area contributed by atoms with Crippen molar-refractivity contribution in [1.82, 2.24) is 0 Å². The van der Waals surface area contributed by atoms with Gasteiger partial charge in [0.25, 0.3) is 11.4 Å². The Morgan fingerprint density at radius 1 is 1.43 bits per heavy atom. The molecule has 0 rings (SSSR count). The fourth-order valence-corrected chi connectivity index (χ4v) is 0. The topological polar surface area (TPSA) is 57.5 Å². The Morgan fingerprint density at radius 2 is 1.43 bits per heavy atom. The van der Waals surface area contributed by atoms with Crippen LogP contribution in [0.3, 0.4) is 0 Å². The zero-order chi connectivity index (χ0) is 5.58. The van der Waals surface area contributed by atoms with E-state index in [1.807, 2.05) is 0 Å². The predicted octanol–water partition coefficient (Wildman–Crippen LogP) is -2.47. The summed E-state index contributed by atoms with van der Waals surface area (Å²) in [5.41, 5.74) is 0. The van der Waals surface area contributed by atoms with Crippen molar-refractivity contribution in [3.8, 4) is 0 Å². The van der Waals surface area contributed by atoms with Crippen LogP contribution in [0.25, 0.3) is 0 Å². The van der Waals surface area contributed by atoms with Crippen molar-refractivity contribution in [2.75, 3.05) is 0 Å². The molecule has 7 heavy (non-hydrogen) atoms. The molecule has 0 atom stereocenters. The average molecular weight is 134 g/mol. The second-order valence-corrected chi connectivity index (χ2v) is 0.692. The largest absolute Gasteiger partial charge is 1.00 e. The Bertz CT molecular complexity index is 35.9. The van der Waals surface area contributed by atoms with Crippen molar-refractivity contribution in [1.29, 1.82) is 0 Å². The van der Waals surface area contributed by atoms with Crippen LogP contribution >= 0.6 is 0 Å². The van der Waals surface area contributed by atoms with E-state index in [1.54, 1.807) is 6.92 Å². The maximum atomic E-state index is 8.67. The van der Waals surface area contributed by atoms with Crippen molar-refractivity contribution < 1.29 is 42.9 Å². The number of hydrogen-bond acceptors (Lipinski definition) is 1. The molecule has 5 heteroatoms. The van der Waals surface area contributed by atoms with E-state index in [4.69, 9.17) is 13.3 Å². The van der Waals surface area contributed by atoms with E-state index in [0.29, 0.717) is 0 Å². The molecular formula is C2H7NaO3S. The summed E-state index contributed by atoms with van der Waals surface area (Å²) >= 11 is -2.61. The fraction of sp³-hybridized carbons (Fsp3) is 0.500. The minimum Gasteiger partial charge on any atom is -0.346 e. The van der Waals surface area contributed by atoms with Crippen molar-refractivity contribution in [2.24, 2.45) is 0 Å². The monoisotopic (exact) mass is 134 g/mol. The quantitative estimate of drug-likeness (QED) is 0.219. The molecule has 0 bridgehead atoms. The molecule has 0 saturated carbocycles. The third-order valence-corrected chi connectivity index (χ3v) is 0. The number of rotatable bonds is 0. The Kier molecular flexibility index (Phi) is 35.3. The summed E-state index contributed by atoms with van der Waals surface area (Å²) in [4.78, 5) is 0. The van der Waals surface area contributed by atoms with Crippen LogP contribution in [0.5, 0.6) is 0 Å². The summed E-state index contributed by atoms with van der Waals surface area (Å²) < 4.78 is 22.8. The summed E-state index contributed by atoms with van der Waals surface area (Å²) in [6.07, 6.45) is 0. The van der Waals surface area contributed by atoms with Gasteiger partial charge in [0, 0.05) is 0 Å². The molecule has 0 amide bonds. The summed E-state index contributed by atoms with van der Waals surface area (Å²) in [5, 5.41) is 0. The molecule has 0 heterocycles. The smallest absolute Gasteiger partial charge is 0.346 e. The van der Waals surface area contributed by atoms with Gasteiger partial charge in [-0.05, 0) is 0 Å². The molecule has 0 radical (unpaired) electrons. The molecule has 0 aliphatic rings. The molecule has 0 fully saturated rings. The third kappa shape index (κ3) is 159. The van der Waals surface area contributed by atoms with Crippen LogP contribution in [-0.2, 0) is 11.4 Å². The Labute approximate surface area is 67.9 Å². The van der Waals surface area contributed by atoms with Crippen molar-refractivity contribution in [3.63, 3.8) is 0 Å². The van der Waals surface area contributed by atoms with Crippen molar-refractivity contribution >= 4 is 11.4 Å². The molecular weight excluding hydrogens is 127 g/mol. The van der Waals surface area contributed by atoms with Crippen LogP contribution in [0, 0.1) is 6.92 Å². The molecule has 3 nitrogen and oxygen atoms in total. The van der Waals surface area contributed by atoms with Crippen molar-refractivity contribution in [2.45, 2.75) is 6.92 Å². The van der Waals surface area contributed by atoms with Gasteiger partial charge in [-0.25, -0.2) is 0 Å². The van der Waals surface area contributed by atoms with Gasteiger partial charge in [0.1, 0.15) is 0 Å². The maximum absolute atomic E-state index is 8.67. The first-order valence-electron chi connectivity index (χ1n) is 1.24. The van der Waals surface area contributed by atoms with E-state index in [0.717, 1.165) is 0 Å². The van der Waals surface area contributed by atoms with E-state index in [-0.39, 0.29) is 29.6 Å². The van der Waals surface area contributed by atoms with Gasteiger partial charge in [-0.3, -0.25) is 9.11 Å². The molecule has 0 spiro atoms. The van der Waals surface area contributed by atoms with E-state index in [1.165, 1.54) is 0 Å². The second kappa shape index (κ2) is 15.7. The second-order valence-electron chi connectivity index (χ2n) is 0.231. The van der Waals surface area contributed by atoms with Gasteiger partial charge in [-0.1, -0.05) is 0 Å². The summed E-state index contributed by atoms with van der Waals surface area (Å²) in [6.45, 7) is 5.00. The molecule has 2 N–H and O–H groups in total. The van der Waals surface area contributed by atoms with Crippen LogP contribution in [-0.4, -0.2) is 13.3 Å². The number of hydrogen-bond donors (Lipinski definition) is 2.